The zero-order valence-corrected chi connectivity index (χ0v) is 12.8. The van der Waals surface area contributed by atoms with Gasteiger partial charge in [-0.3, -0.25) is 4.90 Å². The quantitative estimate of drug-likeness (QED) is 0.914. The number of aliphatic hydroxyl groups excluding tert-OH is 1. The van der Waals surface area contributed by atoms with Gasteiger partial charge in [0.15, 0.2) is 0 Å². The Morgan fingerprint density at radius 2 is 1.90 bits per heavy atom. The maximum absolute atomic E-state index is 13.1. The molecular formula is C17H26FNO. The number of piperidine rings is 1. The van der Waals surface area contributed by atoms with Crippen LogP contribution in [0.5, 0.6) is 0 Å². The van der Waals surface area contributed by atoms with Crippen LogP contribution in [0, 0.1) is 12.7 Å². The summed E-state index contributed by atoms with van der Waals surface area (Å²) < 4.78 is 13.1. The highest BCUT2D eigenvalue weighted by molar-refractivity contribution is 5.27. The van der Waals surface area contributed by atoms with Crippen LogP contribution in [0.1, 0.15) is 44.2 Å². The Labute approximate surface area is 121 Å². The molecule has 1 aromatic rings. The first kappa shape index (κ1) is 15.5. The van der Waals surface area contributed by atoms with Gasteiger partial charge in [0, 0.05) is 12.0 Å². The molecule has 2 nitrogen and oxygen atoms in total. The highest BCUT2D eigenvalue weighted by Gasteiger charge is 2.35. The summed E-state index contributed by atoms with van der Waals surface area (Å²) in [7, 11) is 0. The standard InChI is InChI=1S/C17H26FNO/c1-13-11-15(18)8-7-14(13)12-16(20)17(2,3)19-9-5-4-6-10-19/h7-8,11,16,20H,4-6,9-10,12H2,1-3H3. The van der Waals surface area contributed by atoms with Crippen LogP contribution in [0.2, 0.25) is 0 Å². The lowest BCUT2D eigenvalue weighted by Crippen LogP contribution is -2.54. The molecule has 1 saturated heterocycles. The molecule has 0 amide bonds. The van der Waals surface area contributed by atoms with E-state index in [1.165, 1.54) is 31.4 Å². The molecule has 1 aliphatic rings. The second-order valence-electron chi connectivity index (χ2n) is 6.49. The summed E-state index contributed by atoms with van der Waals surface area (Å²) in [5.74, 6) is -0.212. The minimum atomic E-state index is -0.440. The van der Waals surface area contributed by atoms with Crippen molar-refractivity contribution in [2.75, 3.05) is 13.1 Å². The van der Waals surface area contributed by atoms with E-state index in [2.05, 4.69) is 18.7 Å². The van der Waals surface area contributed by atoms with Gasteiger partial charge in [-0.1, -0.05) is 12.5 Å². The molecule has 1 atom stereocenters. The van der Waals surface area contributed by atoms with Gasteiger partial charge in [-0.25, -0.2) is 4.39 Å². The molecule has 1 aliphatic heterocycles. The molecule has 112 valence electrons. The second-order valence-corrected chi connectivity index (χ2v) is 6.49. The Balaban J connectivity index is 2.07. The number of rotatable bonds is 4. The summed E-state index contributed by atoms with van der Waals surface area (Å²) >= 11 is 0. The highest BCUT2D eigenvalue weighted by Crippen LogP contribution is 2.26. The maximum Gasteiger partial charge on any atom is 0.123 e. The summed E-state index contributed by atoms with van der Waals surface area (Å²) in [4.78, 5) is 2.39. The number of nitrogens with zero attached hydrogens (tertiary/aromatic N) is 1. The summed E-state index contributed by atoms with van der Waals surface area (Å²) in [6.45, 7) is 8.25. The molecule has 0 aliphatic carbocycles. The van der Waals surface area contributed by atoms with Crippen LogP contribution < -0.4 is 0 Å². The van der Waals surface area contributed by atoms with Crippen LogP contribution in [0.4, 0.5) is 4.39 Å². The van der Waals surface area contributed by atoms with Gasteiger partial charge in [-0.2, -0.15) is 0 Å². The van der Waals surface area contributed by atoms with Crippen LogP contribution in [0.25, 0.3) is 0 Å². The number of halogens is 1. The molecule has 0 aromatic heterocycles. The fourth-order valence-corrected chi connectivity index (χ4v) is 3.03. The first-order chi connectivity index (χ1) is 9.41. The number of benzene rings is 1. The predicted octanol–water partition coefficient (Wildman–Crippen LogP) is 3.30. The SMILES string of the molecule is Cc1cc(F)ccc1CC(O)C(C)(C)N1CCCCC1. The van der Waals surface area contributed by atoms with Crippen LogP contribution in [0.3, 0.4) is 0 Å². The topological polar surface area (TPSA) is 23.5 Å². The summed E-state index contributed by atoms with van der Waals surface area (Å²) in [5.41, 5.74) is 1.71. The lowest BCUT2D eigenvalue weighted by molar-refractivity contribution is -0.0187. The number of hydrogen-bond donors (Lipinski definition) is 1. The molecule has 1 fully saturated rings. The predicted molar refractivity (Wildman–Crippen MR) is 80.4 cm³/mol. The summed E-state index contributed by atoms with van der Waals surface area (Å²) in [5, 5.41) is 10.6. The molecular weight excluding hydrogens is 253 g/mol. The van der Waals surface area contributed by atoms with Crippen molar-refractivity contribution in [3.63, 3.8) is 0 Å². The second kappa shape index (κ2) is 6.23. The monoisotopic (exact) mass is 279 g/mol. The molecule has 3 heteroatoms. The van der Waals surface area contributed by atoms with E-state index in [4.69, 9.17) is 0 Å². The van der Waals surface area contributed by atoms with E-state index < -0.39 is 6.10 Å². The van der Waals surface area contributed by atoms with Crippen LogP contribution in [-0.2, 0) is 6.42 Å². The Kier molecular flexibility index (Phi) is 4.82. The van der Waals surface area contributed by atoms with E-state index in [-0.39, 0.29) is 11.4 Å². The molecule has 0 spiro atoms. The lowest BCUT2D eigenvalue weighted by atomic mass is 9.87. The third-order valence-corrected chi connectivity index (χ3v) is 4.70. The minimum absolute atomic E-state index is 0.212. The Morgan fingerprint density at radius 3 is 2.50 bits per heavy atom. The van der Waals surface area contributed by atoms with Gasteiger partial charge >= 0.3 is 0 Å². The first-order valence-electron chi connectivity index (χ1n) is 7.59. The summed E-state index contributed by atoms with van der Waals surface area (Å²) in [6, 6.07) is 4.80. The molecule has 0 saturated carbocycles. The van der Waals surface area contributed by atoms with Gasteiger partial charge in [0.25, 0.3) is 0 Å². The van der Waals surface area contributed by atoms with Gasteiger partial charge in [-0.05, 0) is 70.0 Å². The van der Waals surface area contributed by atoms with E-state index in [9.17, 15) is 9.50 Å². The van der Waals surface area contributed by atoms with E-state index >= 15 is 0 Å². The van der Waals surface area contributed by atoms with E-state index in [1.54, 1.807) is 6.07 Å². The fourth-order valence-electron chi connectivity index (χ4n) is 3.03. The largest absolute Gasteiger partial charge is 0.391 e. The number of aliphatic hydroxyl groups is 1. The third kappa shape index (κ3) is 3.39. The minimum Gasteiger partial charge on any atom is -0.391 e. The van der Waals surface area contributed by atoms with Gasteiger partial charge in [0.1, 0.15) is 5.82 Å². The fraction of sp³-hybridized carbons (Fsp3) is 0.647. The lowest BCUT2D eigenvalue weighted by Gasteiger charge is -2.44. The molecule has 20 heavy (non-hydrogen) atoms. The summed E-state index contributed by atoms with van der Waals surface area (Å²) in [6.07, 6.45) is 3.86. The Morgan fingerprint density at radius 1 is 1.25 bits per heavy atom. The zero-order valence-electron chi connectivity index (χ0n) is 12.8. The van der Waals surface area contributed by atoms with Crippen LogP contribution in [0.15, 0.2) is 18.2 Å². The van der Waals surface area contributed by atoms with Gasteiger partial charge < -0.3 is 5.11 Å². The van der Waals surface area contributed by atoms with Crippen molar-refractivity contribution in [2.45, 2.75) is 58.1 Å². The van der Waals surface area contributed by atoms with E-state index in [1.807, 2.05) is 6.92 Å². The zero-order chi connectivity index (χ0) is 14.8. The molecule has 2 rings (SSSR count). The normalized spacial score (nSPS) is 19.1. The van der Waals surface area contributed by atoms with Crippen molar-refractivity contribution in [3.05, 3.63) is 35.1 Å². The Hall–Kier alpha value is -0.930. The molecule has 1 aromatic carbocycles. The van der Waals surface area contributed by atoms with Gasteiger partial charge in [-0.15, -0.1) is 0 Å². The van der Waals surface area contributed by atoms with E-state index in [0.29, 0.717) is 6.42 Å². The number of likely N-dealkylation sites (tertiary alicyclic amines) is 1. The average molecular weight is 279 g/mol. The van der Waals surface area contributed by atoms with Crippen LogP contribution in [-0.4, -0.2) is 34.7 Å². The number of aryl methyl sites for hydroxylation is 1. The third-order valence-electron chi connectivity index (χ3n) is 4.70. The molecule has 1 heterocycles. The molecule has 0 radical (unpaired) electrons. The van der Waals surface area contributed by atoms with Crippen molar-refractivity contribution < 1.29 is 9.50 Å². The van der Waals surface area contributed by atoms with Gasteiger partial charge in [0.05, 0.1) is 6.10 Å². The Bertz CT molecular complexity index is 452. The van der Waals surface area contributed by atoms with Crippen molar-refractivity contribution in [3.8, 4) is 0 Å². The average Bonchev–Trinajstić information content (AvgIpc) is 2.42. The number of hydrogen-bond acceptors (Lipinski definition) is 2. The van der Waals surface area contributed by atoms with Crippen LogP contribution >= 0.6 is 0 Å². The van der Waals surface area contributed by atoms with Crippen molar-refractivity contribution in [1.82, 2.24) is 4.90 Å². The maximum atomic E-state index is 13.1. The van der Waals surface area contributed by atoms with E-state index in [0.717, 1.165) is 24.2 Å². The molecule has 1 N–H and O–H groups in total. The van der Waals surface area contributed by atoms with Crippen molar-refractivity contribution in [1.29, 1.82) is 0 Å². The molecule has 1 unspecified atom stereocenters. The van der Waals surface area contributed by atoms with Crippen molar-refractivity contribution in [2.24, 2.45) is 0 Å². The smallest absolute Gasteiger partial charge is 0.123 e. The van der Waals surface area contributed by atoms with Gasteiger partial charge in [0.2, 0.25) is 0 Å². The first-order valence-corrected chi connectivity index (χ1v) is 7.59. The van der Waals surface area contributed by atoms with Crippen molar-refractivity contribution >= 4 is 0 Å². The molecule has 0 bridgehead atoms. The highest BCUT2D eigenvalue weighted by atomic mass is 19.1.